The molecule has 0 bridgehead atoms. The number of benzene rings is 1. The van der Waals surface area contributed by atoms with Crippen LogP contribution in [0.4, 0.5) is 5.69 Å². The van der Waals surface area contributed by atoms with E-state index in [4.69, 9.17) is 5.73 Å². The minimum atomic E-state index is 0.782. The Bertz CT molecular complexity index is 504. The highest BCUT2D eigenvalue weighted by molar-refractivity contribution is 5.40. The van der Waals surface area contributed by atoms with E-state index in [0.717, 1.165) is 29.4 Å². The molecule has 0 spiro atoms. The summed E-state index contributed by atoms with van der Waals surface area (Å²) < 4.78 is 0. The molecular weight excluding hydrogens is 326 g/mol. The van der Waals surface area contributed by atoms with Crippen molar-refractivity contribution in [2.45, 2.75) is 109 Å². The van der Waals surface area contributed by atoms with Gasteiger partial charge in [-0.2, -0.15) is 0 Å². The van der Waals surface area contributed by atoms with Gasteiger partial charge in [0.25, 0.3) is 0 Å². The highest BCUT2D eigenvalue weighted by atomic mass is 14.5. The first-order chi connectivity index (χ1) is 13.2. The maximum absolute atomic E-state index is 5.83. The molecule has 0 atom stereocenters. The topological polar surface area (TPSA) is 26.0 Å². The van der Waals surface area contributed by atoms with Gasteiger partial charge in [-0.1, -0.05) is 89.7 Å². The number of rotatable bonds is 9. The second kappa shape index (κ2) is 11.1. The molecule has 2 aliphatic carbocycles. The quantitative estimate of drug-likeness (QED) is 0.345. The van der Waals surface area contributed by atoms with Gasteiger partial charge in [0, 0.05) is 5.69 Å². The summed E-state index contributed by atoms with van der Waals surface area (Å²) in [4.78, 5) is 0. The van der Waals surface area contributed by atoms with Crippen LogP contribution in [-0.2, 0) is 0 Å². The molecule has 0 unspecified atom stereocenters. The SMILES string of the molecule is CCCCCCC1CCC(CCC2CCC(c3ccc(N)cc3)CC2)CC1. The zero-order valence-electron chi connectivity index (χ0n) is 17.8. The lowest BCUT2D eigenvalue weighted by Gasteiger charge is -2.32. The lowest BCUT2D eigenvalue weighted by atomic mass is 9.74. The molecular formula is C26H43N. The van der Waals surface area contributed by atoms with Crippen molar-refractivity contribution in [2.24, 2.45) is 17.8 Å². The van der Waals surface area contributed by atoms with Gasteiger partial charge in [-0.3, -0.25) is 0 Å². The fourth-order valence-corrected chi connectivity index (χ4v) is 5.69. The molecule has 2 aliphatic rings. The number of hydrogen-bond donors (Lipinski definition) is 1. The fraction of sp³-hybridized carbons (Fsp3) is 0.769. The predicted molar refractivity (Wildman–Crippen MR) is 119 cm³/mol. The molecule has 1 heteroatoms. The zero-order valence-corrected chi connectivity index (χ0v) is 17.8. The molecule has 0 radical (unpaired) electrons. The zero-order chi connectivity index (χ0) is 18.9. The van der Waals surface area contributed by atoms with Gasteiger partial charge in [0.1, 0.15) is 0 Å². The van der Waals surface area contributed by atoms with Gasteiger partial charge in [0.2, 0.25) is 0 Å². The maximum Gasteiger partial charge on any atom is 0.0314 e. The van der Waals surface area contributed by atoms with Crippen LogP contribution in [0.3, 0.4) is 0 Å². The second-order valence-electron chi connectivity index (χ2n) is 9.70. The summed E-state index contributed by atoms with van der Waals surface area (Å²) >= 11 is 0. The molecule has 0 amide bonds. The average molecular weight is 370 g/mol. The summed E-state index contributed by atoms with van der Waals surface area (Å²) in [6.07, 6.45) is 22.1. The van der Waals surface area contributed by atoms with Crippen LogP contribution < -0.4 is 5.73 Å². The molecule has 1 aromatic carbocycles. The Morgan fingerprint density at radius 2 is 1.19 bits per heavy atom. The molecule has 152 valence electrons. The van der Waals surface area contributed by atoms with Crippen molar-refractivity contribution in [2.75, 3.05) is 5.73 Å². The van der Waals surface area contributed by atoms with Crippen LogP contribution in [0.1, 0.15) is 115 Å². The molecule has 1 nitrogen and oxygen atoms in total. The van der Waals surface area contributed by atoms with Crippen molar-refractivity contribution in [3.63, 3.8) is 0 Å². The second-order valence-corrected chi connectivity index (χ2v) is 9.70. The van der Waals surface area contributed by atoms with E-state index in [-0.39, 0.29) is 0 Å². The number of unbranched alkanes of at least 4 members (excludes halogenated alkanes) is 3. The van der Waals surface area contributed by atoms with Gasteiger partial charge in [-0.15, -0.1) is 0 Å². The third kappa shape index (κ3) is 6.84. The maximum atomic E-state index is 5.83. The van der Waals surface area contributed by atoms with Crippen LogP contribution in [0, 0.1) is 17.8 Å². The summed E-state index contributed by atoms with van der Waals surface area (Å²) in [5.74, 6) is 3.90. The Labute approximate surface area is 168 Å². The Kier molecular flexibility index (Phi) is 8.55. The molecule has 2 saturated carbocycles. The lowest BCUT2D eigenvalue weighted by Crippen LogP contribution is -2.17. The minimum Gasteiger partial charge on any atom is -0.399 e. The molecule has 0 aromatic heterocycles. The molecule has 1 aromatic rings. The smallest absolute Gasteiger partial charge is 0.0314 e. The minimum absolute atomic E-state index is 0.782. The molecule has 0 saturated heterocycles. The fourth-order valence-electron chi connectivity index (χ4n) is 5.69. The molecule has 2 N–H and O–H groups in total. The van der Waals surface area contributed by atoms with E-state index in [1.54, 1.807) is 0 Å². The normalized spacial score (nSPS) is 28.9. The van der Waals surface area contributed by atoms with Gasteiger partial charge in [0.05, 0.1) is 0 Å². The highest BCUT2D eigenvalue weighted by Gasteiger charge is 2.25. The van der Waals surface area contributed by atoms with E-state index in [1.807, 2.05) is 0 Å². The van der Waals surface area contributed by atoms with Gasteiger partial charge < -0.3 is 5.73 Å². The van der Waals surface area contributed by atoms with Crippen molar-refractivity contribution < 1.29 is 0 Å². The monoisotopic (exact) mass is 369 g/mol. The number of hydrogen-bond acceptors (Lipinski definition) is 1. The van der Waals surface area contributed by atoms with Gasteiger partial charge >= 0.3 is 0 Å². The van der Waals surface area contributed by atoms with E-state index in [1.165, 1.54) is 102 Å². The van der Waals surface area contributed by atoms with Gasteiger partial charge in [0.15, 0.2) is 0 Å². The first kappa shape index (κ1) is 20.7. The van der Waals surface area contributed by atoms with Crippen LogP contribution >= 0.6 is 0 Å². The molecule has 2 fully saturated rings. The summed E-state index contributed by atoms with van der Waals surface area (Å²) in [7, 11) is 0. The summed E-state index contributed by atoms with van der Waals surface area (Å²) in [5.41, 5.74) is 8.24. The van der Waals surface area contributed by atoms with E-state index in [2.05, 4.69) is 31.2 Å². The molecule has 3 rings (SSSR count). The molecule has 0 aliphatic heterocycles. The molecule has 27 heavy (non-hydrogen) atoms. The summed E-state index contributed by atoms with van der Waals surface area (Å²) in [5, 5.41) is 0. The van der Waals surface area contributed by atoms with Crippen molar-refractivity contribution in [1.82, 2.24) is 0 Å². The average Bonchev–Trinajstić information content (AvgIpc) is 2.72. The van der Waals surface area contributed by atoms with Crippen LogP contribution in [0.5, 0.6) is 0 Å². The van der Waals surface area contributed by atoms with Crippen LogP contribution in [0.2, 0.25) is 0 Å². The Morgan fingerprint density at radius 3 is 1.74 bits per heavy atom. The van der Waals surface area contributed by atoms with E-state index in [9.17, 15) is 0 Å². The van der Waals surface area contributed by atoms with Gasteiger partial charge in [-0.05, 0) is 67.1 Å². The van der Waals surface area contributed by atoms with Crippen molar-refractivity contribution in [3.05, 3.63) is 29.8 Å². The van der Waals surface area contributed by atoms with Crippen molar-refractivity contribution >= 4 is 5.69 Å². The lowest BCUT2D eigenvalue weighted by molar-refractivity contribution is 0.222. The van der Waals surface area contributed by atoms with Crippen LogP contribution in [-0.4, -0.2) is 0 Å². The Hall–Kier alpha value is -0.980. The third-order valence-electron chi connectivity index (χ3n) is 7.67. The van der Waals surface area contributed by atoms with E-state index < -0.39 is 0 Å². The standard InChI is InChI=1S/C26H43N/c1-2-3-4-5-6-21-7-9-22(10-8-21)11-12-23-13-15-24(16-14-23)25-17-19-26(27)20-18-25/h17-24H,2-16,27H2,1H3. The van der Waals surface area contributed by atoms with Crippen LogP contribution in [0.15, 0.2) is 24.3 Å². The largest absolute Gasteiger partial charge is 0.399 e. The Morgan fingerprint density at radius 1 is 0.667 bits per heavy atom. The first-order valence-corrected chi connectivity index (χ1v) is 12.1. The van der Waals surface area contributed by atoms with Gasteiger partial charge in [-0.25, -0.2) is 0 Å². The Balaban J connectivity index is 1.28. The van der Waals surface area contributed by atoms with E-state index in [0.29, 0.717) is 0 Å². The number of nitrogens with two attached hydrogens (primary N) is 1. The van der Waals surface area contributed by atoms with Crippen LogP contribution in [0.25, 0.3) is 0 Å². The number of nitrogen functional groups attached to an aromatic ring is 1. The first-order valence-electron chi connectivity index (χ1n) is 12.1. The predicted octanol–water partition coefficient (Wildman–Crippen LogP) is 8.10. The summed E-state index contributed by atoms with van der Waals surface area (Å²) in [6.45, 7) is 2.32. The summed E-state index contributed by atoms with van der Waals surface area (Å²) in [6, 6.07) is 8.64. The highest BCUT2D eigenvalue weighted by Crippen LogP contribution is 2.40. The molecule has 0 heterocycles. The van der Waals surface area contributed by atoms with E-state index >= 15 is 0 Å². The van der Waals surface area contributed by atoms with Crippen molar-refractivity contribution in [3.8, 4) is 0 Å². The third-order valence-corrected chi connectivity index (χ3v) is 7.67. The number of anilines is 1. The van der Waals surface area contributed by atoms with Crippen molar-refractivity contribution in [1.29, 1.82) is 0 Å².